The minimum Gasteiger partial charge on any atom is -0.337 e. The quantitative estimate of drug-likeness (QED) is 0.768. The van der Waals surface area contributed by atoms with E-state index in [0.29, 0.717) is 30.2 Å². The van der Waals surface area contributed by atoms with Crippen molar-refractivity contribution in [2.24, 2.45) is 5.92 Å². The minimum absolute atomic E-state index is 0.138. The largest absolute Gasteiger partial charge is 0.337 e. The first-order valence-corrected chi connectivity index (χ1v) is 11.4. The third-order valence-corrected chi connectivity index (χ3v) is 6.74. The molecule has 1 atom stereocenters. The molecule has 1 aromatic heterocycles. The van der Waals surface area contributed by atoms with Crippen molar-refractivity contribution in [3.05, 3.63) is 58.7 Å². The van der Waals surface area contributed by atoms with Crippen LogP contribution in [0.1, 0.15) is 53.4 Å². The molecule has 1 N–H and O–H groups in total. The predicted octanol–water partition coefficient (Wildman–Crippen LogP) is 3.92. The number of anilines is 1. The number of aryl methyl sites for hydroxylation is 1. The van der Waals surface area contributed by atoms with E-state index < -0.39 is 0 Å². The zero-order chi connectivity index (χ0) is 22.8. The van der Waals surface area contributed by atoms with E-state index in [4.69, 9.17) is 0 Å². The summed E-state index contributed by atoms with van der Waals surface area (Å²) < 4.78 is 14.4. The molecule has 6 nitrogen and oxygen atoms in total. The highest BCUT2D eigenvalue weighted by Gasteiger charge is 2.34. The SMILES string of the molecule is Cc1ccc(C(=O)Nc2cc(F)cc(CN3CCN(C(=O)C4CCC4)C(C)C3)c2C)cn1. The number of rotatable bonds is 5. The maximum Gasteiger partial charge on any atom is 0.257 e. The highest BCUT2D eigenvalue weighted by atomic mass is 19.1. The van der Waals surface area contributed by atoms with Crippen LogP contribution < -0.4 is 5.32 Å². The fraction of sp³-hybridized carbons (Fsp3) is 0.480. The molecule has 2 aliphatic rings. The average Bonchev–Trinajstić information content (AvgIpc) is 2.70. The minimum atomic E-state index is -0.380. The highest BCUT2D eigenvalue weighted by Crippen LogP contribution is 2.30. The lowest BCUT2D eigenvalue weighted by Gasteiger charge is -2.42. The van der Waals surface area contributed by atoms with Crippen molar-refractivity contribution in [3.63, 3.8) is 0 Å². The summed E-state index contributed by atoms with van der Waals surface area (Å²) in [4.78, 5) is 33.7. The number of aromatic nitrogens is 1. The molecule has 2 aromatic rings. The molecule has 32 heavy (non-hydrogen) atoms. The van der Waals surface area contributed by atoms with E-state index in [1.54, 1.807) is 12.1 Å². The number of benzene rings is 1. The summed E-state index contributed by atoms with van der Waals surface area (Å²) in [6, 6.07) is 6.51. The molecule has 0 radical (unpaired) electrons. The topological polar surface area (TPSA) is 65.5 Å². The van der Waals surface area contributed by atoms with Gasteiger partial charge in [-0.05, 0) is 69.0 Å². The van der Waals surface area contributed by atoms with Crippen molar-refractivity contribution in [2.45, 2.75) is 52.6 Å². The van der Waals surface area contributed by atoms with Gasteiger partial charge in [0.2, 0.25) is 5.91 Å². The second kappa shape index (κ2) is 9.36. The van der Waals surface area contributed by atoms with Crippen molar-refractivity contribution in [2.75, 3.05) is 25.0 Å². The number of hydrogen-bond donors (Lipinski definition) is 1. The molecule has 1 unspecified atom stereocenters. The number of nitrogens with one attached hydrogen (secondary N) is 1. The molecular weight excluding hydrogens is 407 g/mol. The van der Waals surface area contributed by atoms with Crippen LogP contribution in [0.25, 0.3) is 0 Å². The van der Waals surface area contributed by atoms with Crippen LogP contribution >= 0.6 is 0 Å². The lowest BCUT2D eigenvalue weighted by atomic mass is 9.84. The summed E-state index contributed by atoms with van der Waals surface area (Å²) >= 11 is 0. The average molecular weight is 439 g/mol. The summed E-state index contributed by atoms with van der Waals surface area (Å²) in [6.45, 7) is 8.64. The van der Waals surface area contributed by atoms with Gasteiger partial charge in [0.25, 0.3) is 5.91 Å². The molecule has 1 saturated carbocycles. The van der Waals surface area contributed by atoms with Gasteiger partial charge in [-0.3, -0.25) is 19.5 Å². The molecule has 1 aromatic carbocycles. The van der Waals surface area contributed by atoms with Crippen molar-refractivity contribution in [1.29, 1.82) is 0 Å². The van der Waals surface area contributed by atoms with Gasteiger partial charge in [0, 0.05) is 55.7 Å². The molecule has 2 amide bonds. The smallest absolute Gasteiger partial charge is 0.257 e. The number of halogens is 1. The van der Waals surface area contributed by atoms with Gasteiger partial charge in [0.15, 0.2) is 0 Å². The Bertz CT molecular complexity index is 1000. The Hall–Kier alpha value is -2.80. The van der Waals surface area contributed by atoms with Crippen molar-refractivity contribution < 1.29 is 14.0 Å². The van der Waals surface area contributed by atoms with Crippen molar-refractivity contribution in [1.82, 2.24) is 14.8 Å². The highest BCUT2D eigenvalue weighted by molar-refractivity contribution is 6.04. The normalized spacial score (nSPS) is 19.5. The molecular formula is C25H31FN4O2. The fourth-order valence-electron chi connectivity index (χ4n) is 4.46. The van der Waals surface area contributed by atoms with Gasteiger partial charge in [-0.15, -0.1) is 0 Å². The van der Waals surface area contributed by atoms with Crippen LogP contribution in [0.2, 0.25) is 0 Å². The zero-order valence-electron chi connectivity index (χ0n) is 19.0. The summed E-state index contributed by atoms with van der Waals surface area (Å²) in [5.74, 6) is -0.186. The van der Waals surface area contributed by atoms with E-state index in [1.807, 2.05) is 18.7 Å². The van der Waals surface area contributed by atoms with Gasteiger partial charge in [-0.1, -0.05) is 6.42 Å². The first kappa shape index (κ1) is 22.4. The lowest BCUT2D eigenvalue weighted by molar-refractivity contribution is -0.142. The van der Waals surface area contributed by atoms with Crippen LogP contribution in [-0.4, -0.2) is 52.3 Å². The monoisotopic (exact) mass is 438 g/mol. The number of piperazine rings is 1. The number of hydrogen-bond acceptors (Lipinski definition) is 4. The number of amides is 2. The molecule has 170 valence electrons. The van der Waals surface area contributed by atoms with Gasteiger partial charge in [0.1, 0.15) is 5.82 Å². The van der Waals surface area contributed by atoms with Crippen LogP contribution in [0, 0.1) is 25.6 Å². The van der Waals surface area contributed by atoms with Gasteiger partial charge >= 0.3 is 0 Å². The standard InChI is InChI=1S/C25H31FN4O2/c1-16-7-8-20(13-27-16)24(31)28-23-12-22(26)11-21(18(23)3)15-29-9-10-30(17(2)14-29)25(32)19-5-4-6-19/h7-8,11-13,17,19H,4-6,9-10,14-15H2,1-3H3,(H,28,31). The maximum absolute atomic E-state index is 14.4. The summed E-state index contributed by atoms with van der Waals surface area (Å²) in [5, 5.41) is 2.83. The van der Waals surface area contributed by atoms with E-state index in [2.05, 4.69) is 22.1 Å². The fourth-order valence-corrected chi connectivity index (χ4v) is 4.46. The number of carbonyl (C=O) groups is 2. The lowest BCUT2D eigenvalue weighted by Crippen LogP contribution is -2.55. The maximum atomic E-state index is 14.4. The first-order valence-electron chi connectivity index (χ1n) is 11.4. The van der Waals surface area contributed by atoms with E-state index in [9.17, 15) is 14.0 Å². The van der Waals surface area contributed by atoms with Crippen LogP contribution in [0.3, 0.4) is 0 Å². The molecule has 2 heterocycles. The summed E-state index contributed by atoms with van der Waals surface area (Å²) in [5.41, 5.74) is 3.42. The van der Waals surface area contributed by atoms with Gasteiger partial charge in [-0.25, -0.2) is 4.39 Å². The Labute approximate surface area is 188 Å². The number of carbonyl (C=O) groups excluding carboxylic acids is 2. The van der Waals surface area contributed by atoms with E-state index >= 15 is 0 Å². The third-order valence-electron chi connectivity index (χ3n) is 6.74. The van der Waals surface area contributed by atoms with E-state index in [0.717, 1.165) is 49.2 Å². The Kier molecular flexibility index (Phi) is 6.55. The molecule has 2 fully saturated rings. The van der Waals surface area contributed by atoms with Crippen LogP contribution in [0.15, 0.2) is 30.5 Å². The van der Waals surface area contributed by atoms with Gasteiger partial charge in [0.05, 0.1) is 5.56 Å². The van der Waals surface area contributed by atoms with Gasteiger partial charge in [-0.2, -0.15) is 0 Å². The molecule has 1 aliphatic carbocycles. The van der Waals surface area contributed by atoms with Crippen LogP contribution in [0.5, 0.6) is 0 Å². The molecule has 0 spiro atoms. The van der Waals surface area contributed by atoms with E-state index in [-0.39, 0.29) is 23.7 Å². The number of nitrogens with zero attached hydrogens (tertiary/aromatic N) is 3. The van der Waals surface area contributed by atoms with Crippen molar-refractivity contribution in [3.8, 4) is 0 Å². The third kappa shape index (κ3) is 4.83. The summed E-state index contributed by atoms with van der Waals surface area (Å²) in [7, 11) is 0. The Balaban J connectivity index is 1.43. The summed E-state index contributed by atoms with van der Waals surface area (Å²) in [6.07, 6.45) is 4.71. The van der Waals surface area contributed by atoms with Crippen LogP contribution in [-0.2, 0) is 11.3 Å². The molecule has 1 saturated heterocycles. The van der Waals surface area contributed by atoms with E-state index in [1.165, 1.54) is 18.3 Å². The Morgan fingerprint density at radius 2 is 1.97 bits per heavy atom. The predicted molar refractivity (Wildman–Crippen MR) is 122 cm³/mol. The molecule has 4 rings (SSSR count). The molecule has 0 bridgehead atoms. The van der Waals surface area contributed by atoms with Gasteiger partial charge < -0.3 is 10.2 Å². The van der Waals surface area contributed by atoms with Crippen LogP contribution in [0.4, 0.5) is 10.1 Å². The zero-order valence-corrected chi connectivity index (χ0v) is 19.0. The second-order valence-electron chi connectivity index (χ2n) is 9.12. The first-order chi connectivity index (χ1) is 15.3. The molecule has 1 aliphatic heterocycles. The second-order valence-corrected chi connectivity index (χ2v) is 9.12. The number of pyridine rings is 1. The van der Waals surface area contributed by atoms with Crippen molar-refractivity contribution >= 4 is 17.5 Å². The molecule has 7 heteroatoms. The Morgan fingerprint density at radius 1 is 1.19 bits per heavy atom. The Morgan fingerprint density at radius 3 is 2.59 bits per heavy atom.